The van der Waals surface area contributed by atoms with Crippen molar-refractivity contribution in [3.8, 4) is 44.5 Å². The molecule has 0 saturated heterocycles. The zero-order valence-corrected chi connectivity index (χ0v) is 33.7. The molecule has 0 atom stereocenters. The van der Waals surface area contributed by atoms with Gasteiger partial charge >= 0.3 is 35.8 Å². The van der Waals surface area contributed by atoms with Crippen molar-refractivity contribution in [2.24, 2.45) is 0 Å². The molecule has 0 fully saturated rings. The number of aromatic amines is 2. The van der Waals surface area contributed by atoms with E-state index in [-0.39, 0.29) is 33.6 Å². The highest BCUT2D eigenvalue weighted by Crippen LogP contribution is 2.39. The van der Waals surface area contributed by atoms with Crippen molar-refractivity contribution in [3.05, 3.63) is 165 Å². The molecule has 0 radical (unpaired) electrons. The Morgan fingerprint density at radius 3 is 0.864 bits per heavy atom. The highest BCUT2D eigenvalue weighted by atomic mass is 16.4. The van der Waals surface area contributed by atoms with Gasteiger partial charge in [0, 0.05) is 44.3 Å². The van der Waals surface area contributed by atoms with E-state index in [4.69, 9.17) is 9.97 Å². The van der Waals surface area contributed by atoms with E-state index in [9.17, 15) is 59.4 Å². The van der Waals surface area contributed by atoms with E-state index in [0.29, 0.717) is 50.1 Å². The van der Waals surface area contributed by atoms with Crippen molar-refractivity contribution in [3.63, 3.8) is 0 Å². The smallest absolute Gasteiger partial charge is 0.336 e. The average molecular weight is 879 g/mol. The molecule has 3 aromatic heterocycles. The van der Waals surface area contributed by atoms with E-state index in [1.807, 2.05) is 30.3 Å². The maximum atomic E-state index is 12.5. The van der Waals surface area contributed by atoms with Crippen molar-refractivity contribution < 1.29 is 59.4 Å². The van der Waals surface area contributed by atoms with Gasteiger partial charge in [-0.2, -0.15) is 0 Å². The number of nitrogens with one attached hydrogen (secondary N) is 2. The van der Waals surface area contributed by atoms with E-state index in [2.05, 4.69) is 9.97 Å². The summed E-state index contributed by atoms with van der Waals surface area (Å²) in [7, 11) is 0. The highest BCUT2D eigenvalue weighted by molar-refractivity contribution is 6.07. The Hall–Kier alpha value is -9.70. The second-order valence-electron chi connectivity index (χ2n) is 15.0. The lowest BCUT2D eigenvalue weighted by Crippen LogP contribution is -2.08. The SMILES string of the molecule is O=C(O)c1ccc(-c2c3nc(c(-c4ccc(C(=O)O)c(C(=O)O)c4)c4ccc([nH]4)c(-c4ccc(C(=O)O)c(C(=O)O)c4)c4nc(c(-c5ccccc5)c5ccc2[nH]5)C=C4)C=C3)cc1C(=O)O. The fourth-order valence-corrected chi connectivity index (χ4v) is 8.21. The van der Waals surface area contributed by atoms with Gasteiger partial charge in [0.1, 0.15) is 0 Å². The summed E-state index contributed by atoms with van der Waals surface area (Å²) in [5.41, 5.74) is 3.28. The fraction of sp³-hybridized carbons (Fsp3) is 0. The van der Waals surface area contributed by atoms with Gasteiger partial charge in [0.25, 0.3) is 0 Å². The number of carboxylic acid groups (broad SMARTS) is 6. The molecule has 0 amide bonds. The first kappa shape index (κ1) is 41.6. The summed E-state index contributed by atoms with van der Waals surface area (Å²) in [5, 5.41) is 60.0. The maximum absolute atomic E-state index is 12.5. The molecule has 0 saturated carbocycles. The normalized spacial score (nSPS) is 11.6. The molecule has 9 rings (SSSR count). The molecule has 8 N–H and O–H groups in total. The third-order valence-corrected chi connectivity index (χ3v) is 11.1. The van der Waals surface area contributed by atoms with Crippen molar-refractivity contribution in [2.45, 2.75) is 0 Å². The van der Waals surface area contributed by atoms with Gasteiger partial charge in [0.15, 0.2) is 0 Å². The Morgan fingerprint density at radius 2 is 0.591 bits per heavy atom. The number of rotatable bonds is 10. The number of fused-ring (bicyclic) bond motifs is 8. The van der Waals surface area contributed by atoms with Gasteiger partial charge < -0.3 is 40.6 Å². The summed E-state index contributed by atoms with van der Waals surface area (Å²) in [4.78, 5) is 90.7. The van der Waals surface area contributed by atoms with Gasteiger partial charge in [-0.05, 0) is 107 Å². The molecule has 0 spiro atoms. The quantitative estimate of drug-likeness (QED) is 0.0635. The molecule has 16 heteroatoms. The summed E-state index contributed by atoms with van der Waals surface area (Å²) >= 11 is 0. The van der Waals surface area contributed by atoms with E-state index < -0.39 is 69.2 Å². The maximum Gasteiger partial charge on any atom is 0.336 e. The van der Waals surface area contributed by atoms with Crippen molar-refractivity contribution in [2.75, 3.05) is 0 Å². The Kier molecular flexibility index (Phi) is 10.2. The summed E-state index contributed by atoms with van der Waals surface area (Å²) in [6.45, 7) is 0. The molecule has 16 nitrogen and oxygen atoms in total. The third-order valence-electron chi connectivity index (χ3n) is 11.1. The van der Waals surface area contributed by atoms with Crippen LogP contribution in [0.5, 0.6) is 0 Å². The predicted octanol–water partition coefficient (Wildman–Crippen LogP) is 9.51. The van der Waals surface area contributed by atoms with Gasteiger partial charge in [0.05, 0.1) is 56.2 Å². The number of hydrogen-bond acceptors (Lipinski definition) is 8. The second kappa shape index (κ2) is 16.2. The van der Waals surface area contributed by atoms with Crippen LogP contribution in [0.15, 0.2) is 109 Å². The topological polar surface area (TPSA) is 281 Å². The monoisotopic (exact) mass is 878 g/mol. The van der Waals surface area contributed by atoms with Crippen LogP contribution in [0.3, 0.4) is 0 Å². The third kappa shape index (κ3) is 7.31. The molecule has 7 aromatic rings. The molecule has 2 aliphatic rings. The van der Waals surface area contributed by atoms with Crippen LogP contribution >= 0.6 is 0 Å². The van der Waals surface area contributed by atoms with E-state index in [1.165, 1.54) is 48.5 Å². The minimum Gasteiger partial charge on any atom is -0.478 e. The van der Waals surface area contributed by atoms with E-state index in [0.717, 1.165) is 11.6 Å². The lowest BCUT2D eigenvalue weighted by molar-refractivity contribution is 0.0651. The molecule has 66 heavy (non-hydrogen) atoms. The number of benzene rings is 4. The van der Waals surface area contributed by atoms with Crippen LogP contribution in [0.2, 0.25) is 0 Å². The average Bonchev–Trinajstić information content (AvgIpc) is 4.15. The number of carbonyl (C=O) groups is 6. The van der Waals surface area contributed by atoms with Gasteiger partial charge in [-0.3, -0.25) is 0 Å². The number of H-pyrrole nitrogens is 2. The highest BCUT2D eigenvalue weighted by Gasteiger charge is 2.25. The molecule has 8 bridgehead atoms. The van der Waals surface area contributed by atoms with Crippen LogP contribution in [-0.4, -0.2) is 86.4 Å². The molecule has 322 valence electrons. The van der Waals surface area contributed by atoms with Crippen molar-refractivity contribution in [1.29, 1.82) is 0 Å². The minimum atomic E-state index is -1.51. The van der Waals surface area contributed by atoms with Crippen LogP contribution in [0, 0.1) is 0 Å². The van der Waals surface area contributed by atoms with Gasteiger partial charge in [-0.1, -0.05) is 48.5 Å². The van der Waals surface area contributed by atoms with E-state index >= 15 is 0 Å². The van der Waals surface area contributed by atoms with Crippen LogP contribution in [0.1, 0.15) is 84.9 Å². The molecular formula is C50H30N4O12. The predicted molar refractivity (Wildman–Crippen MR) is 242 cm³/mol. The minimum absolute atomic E-state index is 0.218. The van der Waals surface area contributed by atoms with Gasteiger partial charge in [0.2, 0.25) is 0 Å². The first-order valence-electron chi connectivity index (χ1n) is 19.7. The summed E-state index contributed by atoms with van der Waals surface area (Å²) in [6, 6.07) is 27.7. The second-order valence-corrected chi connectivity index (χ2v) is 15.0. The first-order chi connectivity index (χ1) is 31.7. The summed E-state index contributed by atoms with van der Waals surface area (Å²) in [5.74, 6) is -8.83. The number of hydrogen-bond donors (Lipinski definition) is 8. The summed E-state index contributed by atoms with van der Waals surface area (Å²) in [6.07, 6.45) is 6.75. The fourth-order valence-electron chi connectivity index (χ4n) is 8.21. The Labute approximate surface area is 370 Å². The van der Waals surface area contributed by atoms with E-state index in [1.54, 1.807) is 48.6 Å². The van der Waals surface area contributed by atoms with Crippen LogP contribution in [-0.2, 0) is 0 Å². The molecule has 4 aromatic carbocycles. The summed E-state index contributed by atoms with van der Waals surface area (Å²) < 4.78 is 0. The molecule has 0 aliphatic carbocycles. The molecular weight excluding hydrogens is 849 g/mol. The van der Waals surface area contributed by atoms with Crippen LogP contribution in [0.25, 0.3) is 90.9 Å². The number of carboxylic acids is 6. The largest absolute Gasteiger partial charge is 0.478 e. The van der Waals surface area contributed by atoms with Gasteiger partial charge in [-0.25, -0.2) is 38.7 Å². The van der Waals surface area contributed by atoms with Crippen molar-refractivity contribution in [1.82, 2.24) is 19.9 Å². The molecule has 0 unspecified atom stereocenters. The van der Waals surface area contributed by atoms with Crippen molar-refractivity contribution >= 4 is 82.2 Å². The standard InChI is InChI=1S/C50H30N4O12/c55-45(56)27-9-6-24(20-30(27)48(61)62)42-35-14-12-33(51-35)41(23-4-2-1-3-5-23)34-13-15-36(52-34)43(25-7-10-28(46(57)58)31(21-25)49(63)64)38-17-19-40(54-38)44(39-18-16-37(42)53-39)26-8-11-29(47(59)60)32(22-26)50(65)66/h1-22,51,54H,(H,55,56)(H,57,58)(H,59,60)(H,61,62)(H,63,64)(H,65,66). The van der Waals surface area contributed by atoms with Crippen LogP contribution < -0.4 is 0 Å². The Morgan fingerprint density at radius 1 is 0.318 bits per heavy atom. The lowest BCUT2D eigenvalue weighted by Gasteiger charge is -2.10. The molecule has 2 aliphatic heterocycles. The Bertz CT molecular complexity index is 3490. The lowest BCUT2D eigenvalue weighted by atomic mass is 9.97. The number of aromatic nitrogens is 4. The van der Waals surface area contributed by atoms with Gasteiger partial charge in [-0.15, -0.1) is 0 Å². The van der Waals surface area contributed by atoms with Crippen LogP contribution in [0.4, 0.5) is 0 Å². The zero-order chi connectivity index (χ0) is 46.6. The first-order valence-corrected chi connectivity index (χ1v) is 19.7. The molecule has 5 heterocycles. The Balaban J connectivity index is 1.48. The zero-order valence-electron chi connectivity index (χ0n) is 33.7. The number of nitrogens with zero attached hydrogens (tertiary/aromatic N) is 2. The number of aromatic carboxylic acids is 6.